The molecule has 19 heavy (non-hydrogen) atoms. The number of rotatable bonds is 4. The highest BCUT2D eigenvalue weighted by molar-refractivity contribution is 5.34. The molecule has 0 aliphatic heterocycles. The van der Waals surface area contributed by atoms with Gasteiger partial charge >= 0.3 is 0 Å². The summed E-state index contributed by atoms with van der Waals surface area (Å²) in [6.45, 7) is 0.487. The maximum atomic E-state index is 11.4. The highest BCUT2D eigenvalue weighted by Gasteiger charge is 1.98. The van der Waals surface area contributed by atoms with E-state index in [9.17, 15) is 9.59 Å². The van der Waals surface area contributed by atoms with Crippen LogP contribution in [0.15, 0.2) is 46.0 Å². The number of H-pyrrole nitrogens is 1. The van der Waals surface area contributed by atoms with Crippen LogP contribution in [0.4, 0.5) is 0 Å². The predicted octanol–water partition coefficient (Wildman–Crippen LogP) is 0.487. The lowest BCUT2D eigenvalue weighted by atomic mass is 10.2. The van der Waals surface area contributed by atoms with E-state index in [0.29, 0.717) is 11.3 Å². The molecule has 0 radical (unpaired) electrons. The smallest absolute Gasteiger partial charge is 0.265 e. The van der Waals surface area contributed by atoms with E-state index in [2.05, 4.69) is 5.10 Å². The highest BCUT2D eigenvalue weighted by atomic mass is 16.5. The molecule has 1 aromatic heterocycles. The number of hydrogen-bond acceptors (Lipinski definition) is 4. The van der Waals surface area contributed by atoms with Gasteiger partial charge in [0.05, 0.1) is 18.2 Å². The third kappa shape index (κ3) is 3.33. The van der Waals surface area contributed by atoms with Crippen molar-refractivity contribution in [3.05, 3.63) is 62.7 Å². The summed E-state index contributed by atoms with van der Waals surface area (Å²) in [5.74, 6) is 0.602. The summed E-state index contributed by atoms with van der Waals surface area (Å²) in [5.41, 5.74) is -0.0723. The van der Waals surface area contributed by atoms with E-state index < -0.39 is 0 Å². The molecule has 0 amide bonds. The van der Waals surface area contributed by atoms with Crippen LogP contribution in [-0.2, 0) is 6.54 Å². The average molecular weight is 257 g/mol. The molecule has 0 atom stereocenters. The van der Waals surface area contributed by atoms with Crippen molar-refractivity contribution < 1.29 is 4.74 Å². The number of hydrogen-bond donors (Lipinski definition) is 1. The lowest BCUT2D eigenvalue weighted by Crippen LogP contribution is -2.29. The molecule has 2 rings (SSSR count). The summed E-state index contributed by atoms with van der Waals surface area (Å²) in [4.78, 5) is 22.5. The van der Waals surface area contributed by atoms with Crippen molar-refractivity contribution in [2.75, 3.05) is 6.61 Å². The number of aromatic amines is 1. The first-order valence-corrected chi connectivity index (χ1v) is 5.62. The van der Waals surface area contributed by atoms with E-state index in [4.69, 9.17) is 10.00 Å². The van der Waals surface area contributed by atoms with Gasteiger partial charge in [-0.1, -0.05) is 0 Å². The Labute approximate surface area is 108 Å². The molecular formula is C13H11N3O3. The second-order valence-corrected chi connectivity index (χ2v) is 3.78. The van der Waals surface area contributed by atoms with Gasteiger partial charge in [0.1, 0.15) is 12.4 Å². The van der Waals surface area contributed by atoms with E-state index in [1.165, 1.54) is 16.8 Å². The van der Waals surface area contributed by atoms with Gasteiger partial charge in [-0.15, -0.1) is 0 Å². The van der Waals surface area contributed by atoms with Gasteiger partial charge in [-0.05, 0) is 24.3 Å². The summed E-state index contributed by atoms with van der Waals surface area (Å²) < 4.78 is 6.60. The Bertz CT molecular complexity index is 707. The number of nitrogens with zero attached hydrogens (tertiary/aromatic N) is 2. The lowest BCUT2D eigenvalue weighted by Gasteiger charge is -2.07. The Hall–Kier alpha value is -2.81. The quantitative estimate of drug-likeness (QED) is 0.863. The fourth-order valence-corrected chi connectivity index (χ4v) is 1.51. The molecule has 6 heteroatoms. The van der Waals surface area contributed by atoms with Crippen LogP contribution in [0.3, 0.4) is 0 Å². The summed E-state index contributed by atoms with van der Waals surface area (Å²) in [6, 6.07) is 11.0. The van der Waals surface area contributed by atoms with Gasteiger partial charge in [-0.2, -0.15) is 5.26 Å². The summed E-state index contributed by atoms with van der Waals surface area (Å²) in [7, 11) is 0. The normalized spacial score (nSPS) is 9.84. The molecule has 0 aliphatic rings. The highest BCUT2D eigenvalue weighted by Crippen LogP contribution is 2.11. The summed E-state index contributed by atoms with van der Waals surface area (Å²) >= 11 is 0. The largest absolute Gasteiger partial charge is 0.492 e. The first-order valence-electron chi connectivity index (χ1n) is 5.62. The fourth-order valence-electron chi connectivity index (χ4n) is 1.51. The molecule has 0 saturated carbocycles. The van der Waals surface area contributed by atoms with E-state index in [0.717, 1.165) is 0 Å². The third-order valence-corrected chi connectivity index (χ3v) is 2.46. The summed E-state index contributed by atoms with van der Waals surface area (Å²) in [6.07, 6.45) is 0. The van der Waals surface area contributed by atoms with Crippen LogP contribution in [0.2, 0.25) is 0 Å². The first kappa shape index (κ1) is 12.6. The van der Waals surface area contributed by atoms with Crippen molar-refractivity contribution in [1.82, 2.24) is 9.78 Å². The molecule has 0 fully saturated rings. The Kier molecular flexibility index (Phi) is 3.78. The van der Waals surface area contributed by atoms with Gasteiger partial charge in [-0.25, -0.2) is 4.68 Å². The zero-order chi connectivity index (χ0) is 13.7. The maximum Gasteiger partial charge on any atom is 0.265 e. The second-order valence-electron chi connectivity index (χ2n) is 3.78. The van der Waals surface area contributed by atoms with Crippen molar-refractivity contribution in [1.29, 1.82) is 5.26 Å². The van der Waals surface area contributed by atoms with Crippen LogP contribution in [0.5, 0.6) is 5.75 Å². The van der Waals surface area contributed by atoms with Crippen LogP contribution in [0.25, 0.3) is 0 Å². The second kappa shape index (κ2) is 5.69. The van der Waals surface area contributed by atoms with Gasteiger partial charge in [0.25, 0.3) is 11.1 Å². The lowest BCUT2D eigenvalue weighted by molar-refractivity contribution is 0.287. The average Bonchev–Trinajstić information content (AvgIpc) is 2.43. The molecule has 2 aromatic rings. The zero-order valence-corrected chi connectivity index (χ0v) is 10.00. The Balaban J connectivity index is 1.96. The Morgan fingerprint density at radius 2 is 1.89 bits per heavy atom. The van der Waals surface area contributed by atoms with Gasteiger partial charge < -0.3 is 4.74 Å². The molecule has 96 valence electrons. The van der Waals surface area contributed by atoms with E-state index in [-0.39, 0.29) is 24.3 Å². The van der Waals surface area contributed by atoms with E-state index in [1.54, 1.807) is 24.3 Å². The van der Waals surface area contributed by atoms with Crippen LogP contribution >= 0.6 is 0 Å². The SMILES string of the molecule is N#Cc1ccc(OCCn2[nH]c(=O)ccc2=O)cc1. The fraction of sp³-hybridized carbons (Fsp3) is 0.154. The maximum absolute atomic E-state index is 11.4. The van der Waals surface area contributed by atoms with E-state index in [1.807, 2.05) is 6.07 Å². The topological polar surface area (TPSA) is 87.9 Å². The molecule has 1 aromatic carbocycles. The van der Waals surface area contributed by atoms with E-state index >= 15 is 0 Å². The van der Waals surface area contributed by atoms with Crippen molar-refractivity contribution in [2.45, 2.75) is 6.54 Å². The number of ether oxygens (including phenoxy) is 1. The zero-order valence-electron chi connectivity index (χ0n) is 10.00. The van der Waals surface area contributed by atoms with Crippen LogP contribution in [-0.4, -0.2) is 16.4 Å². The van der Waals surface area contributed by atoms with Crippen molar-refractivity contribution in [3.63, 3.8) is 0 Å². The number of aromatic nitrogens is 2. The summed E-state index contributed by atoms with van der Waals surface area (Å²) in [5, 5.41) is 11.1. The predicted molar refractivity (Wildman–Crippen MR) is 68.0 cm³/mol. The van der Waals surface area contributed by atoms with Crippen LogP contribution < -0.4 is 15.9 Å². The van der Waals surface area contributed by atoms with Gasteiger partial charge in [0.15, 0.2) is 0 Å². The number of nitrogens with one attached hydrogen (secondary N) is 1. The van der Waals surface area contributed by atoms with Crippen molar-refractivity contribution in [3.8, 4) is 11.8 Å². The monoisotopic (exact) mass is 257 g/mol. The molecule has 0 bridgehead atoms. The Morgan fingerprint density at radius 3 is 2.58 bits per heavy atom. The molecule has 0 spiro atoms. The molecule has 1 heterocycles. The van der Waals surface area contributed by atoms with Crippen LogP contribution in [0.1, 0.15) is 5.56 Å². The third-order valence-electron chi connectivity index (χ3n) is 2.46. The standard InChI is InChI=1S/C13H11N3O3/c14-9-10-1-3-11(4-2-10)19-8-7-16-13(18)6-5-12(17)15-16/h1-6H,7-8H2,(H,15,17). The van der Waals surface area contributed by atoms with Gasteiger partial charge in [0, 0.05) is 12.1 Å². The molecular weight excluding hydrogens is 246 g/mol. The Morgan fingerprint density at radius 1 is 1.16 bits per heavy atom. The minimum Gasteiger partial charge on any atom is -0.492 e. The molecule has 0 aliphatic carbocycles. The minimum atomic E-state index is -0.335. The molecule has 1 N–H and O–H groups in total. The van der Waals surface area contributed by atoms with Crippen molar-refractivity contribution in [2.24, 2.45) is 0 Å². The molecule has 0 saturated heterocycles. The minimum absolute atomic E-state index is 0.242. The number of benzene rings is 1. The van der Waals surface area contributed by atoms with Gasteiger partial charge in [-0.3, -0.25) is 14.7 Å². The van der Waals surface area contributed by atoms with Gasteiger partial charge in [0.2, 0.25) is 0 Å². The van der Waals surface area contributed by atoms with Crippen molar-refractivity contribution >= 4 is 0 Å². The molecule has 6 nitrogen and oxygen atoms in total. The van der Waals surface area contributed by atoms with Crippen LogP contribution in [0, 0.1) is 11.3 Å². The number of nitriles is 1. The first-order chi connectivity index (χ1) is 9.19. The molecule has 0 unspecified atom stereocenters.